The van der Waals surface area contributed by atoms with Gasteiger partial charge in [-0.3, -0.25) is 4.79 Å². The van der Waals surface area contributed by atoms with Gasteiger partial charge in [0.25, 0.3) is 0 Å². The van der Waals surface area contributed by atoms with E-state index in [1.165, 1.54) is 28.8 Å². The number of fused-ring (bicyclic) bond motifs is 2. The van der Waals surface area contributed by atoms with Gasteiger partial charge in [-0.15, -0.1) is 11.3 Å². The Hall–Kier alpha value is -1.85. The molecule has 1 aromatic heterocycles. The highest BCUT2D eigenvalue weighted by Crippen LogP contribution is 2.32. The van der Waals surface area contributed by atoms with Crippen LogP contribution in [0.25, 0.3) is 11.1 Å². The van der Waals surface area contributed by atoms with Crippen LogP contribution in [0.4, 0.5) is 0 Å². The Kier molecular flexibility index (Phi) is 5.27. The van der Waals surface area contributed by atoms with Gasteiger partial charge in [-0.05, 0) is 66.3 Å². The third kappa shape index (κ3) is 4.10. The fourth-order valence-corrected chi connectivity index (χ4v) is 5.10. The first-order valence-electron chi connectivity index (χ1n) is 9.44. The summed E-state index contributed by atoms with van der Waals surface area (Å²) in [6.07, 6.45) is 5.55. The molecular formula is C21H26N2O2S. The first-order chi connectivity index (χ1) is 12.7. The van der Waals surface area contributed by atoms with Crippen molar-refractivity contribution < 1.29 is 9.53 Å². The Balaban J connectivity index is 1.28. The average molecular weight is 371 g/mol. The van der Waals surface area contributed by atoms with Crippen LogP contribution in [0.3, 0.4) is 0 Å². The van der Waals surface area contributed by atoms with Crippen LogP contribution in [0.2, 0.25) is 0 Å². The normalized spacial score (nSPS) is 24.4. The maximum atomic E-state index is 12.3. The van der Waals surface area contributed by atoms with Crippen molar-refractivity contribution in [2.45, 2.75) is 50.7 Å². The van der Waals surface area contributed by atoms with Crippen LogP contribution >= 0.6 is 11.3 Å². The lowest BCUT2D eigenvalue weighted by Crippen LogP contribution is -2.39. The topological polar surface area (TPSA) is 50.4 Å². The lowest BCUT2D eigenvalue weighted by atomic mass is 9.89. The van der Waals surface area contributed by atoms with E-state index in [-0.39, 0.29) is 5.91 Å². The SMILES string of the molecule is COc1ccc(-c2csc(CNC(=O)CC3CC4CCC(C3)N4)c2)cc1. The molecule has 2 bridgehead atoms. The quantitative estimate of drug-likeness (QED) is 0.809. The second-order valence-corrected chi connectivity index (χ2v) is 8.48. The van der Waals surface area contributed by atoms with Gasteiger partial charge >= 0.3 is 0 Å². The van der Waals surface area contributed by atoms with Crippen LogP contribution in [0.15, 0.2) is 35.7 Å². The summed E-state index contributed by atoms with van der Waals surface area (Å²) in [5, 5.41) is 8.90. The third-order valence-corrected chi connectivity index (χ3v) is 6.52. The average Bonchev–Trinajstić information content (AvgIpc) is 3.26. The fraction of sp³-hybridized carbons (Fsp3) is 0.476. The number of carbonyl (C=O) groups excluding carboxylic acids is 1. The summed E-state index contributed by atoms with van der Waals surface area (Å²) in [5.74, 6) is 1.60. The summed E-state index contributed by atoms with van der Waals surface area (Å²) in [5.41, 5.74) is 2.36. The first kappa shape index (κ1) is 17.6. The molecule has 2 unspecified atom stereocenters. The maximum absolute atomic E-state index is 12.3. The minimum absolute atomic E-state index is 0.190. The van der Waals surface area contributed by atoms with Gasteiger partial charge in [0.15, 0.2) is 0 Å². The number of nitrogens with one attached hydrogen (secondary N) is 2. The van der Waals surface area contributed by atoms with Crippen molar-refractivity contribution in [3.8, 4) is 16.9 Å². The maximum Gasteiger partial charge on any atom is 0.220 e. The molecule has 1 amide bonds. The molecule has 5 heteroatoms. The zero-order valence-electron chi connectivity index (χ0n) is 15.2. The molecule has 2 aromatic rings. The molecular weight excluding hydrogens is 344 g/mol. The van der Waals surface area contributed by atoms with Crippen LogP contribution in [-0.4, -0.2) is 25.1 Å². The lowest BCUT2D eigenvalue weighted by molar-refractivity contribution is -0.122. The number of piperidine rings is 1. The van der Waals surface area contributed by atoms with E-state index < -0.39 is 0 Å². The number of thiophene rings is 1. The van der Waals surface area contributed by atoms with Crippen LogP contribution in [0.5, 0.6) is 5.75 Å². The fourth-order valence-electron chi connectivity index (χ4n) is 4.27. The molecule has 26 heavy (non-hydrogen) atoms. The smallest absolute Gasteiger partial charge is 0.220 e. The van der Waals surface area contributed by atoms with Crippen LogP contribution in [-0.2, 0) is 11.3 Å². The minimum Gasteiger partial charge on any atom is -0.497 e. The van der Waals surface area contributed by atoms with Gasteiger partial charge in [0, 0.05) is 23.4 Å². The van der Waals surface area contributed by atoms with E-state index in [0.717, 1.165) is 18.6 Å². The largest absolute Gasteiger partial charge is 0.497 e. The number of hydrogen-bond acceptors (Lipinski definition) is 4. The number of rotatable bonds is 6. The van der Waals surface area contributed by atoms with Gasteiger partial charge in [-0.2, -0.15) is 0 Å². The minimum atomic E-state index is 0.190. The Morgan fingerprint density at radius 3 is 2.62 bits per heavy atom. The van der Waals surface area contributed by atoms with Crippen molar-refractivity contribution in [3.05, 3.63) is 40.6 Å². The number of benzene rings is 1. The number of ether oxygens (including phenoxy) is 1. The van der Waals surface area contributed by atoms with E-state index in [2.05, 4.69) is 34.2 Å². The van der Waals surface area contributed by atoms with Crippen molar-refractivity contribution in [3.63, 3.8) is 0 Å². The molecule has 2 aliphatic rings. The molecule has 2 fully saturated rings. The Bertz CT molecular complexity index is 744. The molecule has 3 heterocycles. The van der Waals surface area contributed by atoms with E-state index >= 15 is 0 Å². The Morgan fingerprint density at radius 2 is 1.92 bits per heavy atom. The highest BCUT2D eigenvalue weighted by molar-refractivity contribution is 7.10. The third-order valence-electron chi connectivity index (χ3n) is 5.58. The molecule has 138 valence electrons. The summed E-state index contributed by atoms with van der Waals surface area (Å²) in [6.45, 7) is 0.623. The van der Waals surface area contributed by atoms with Crippen LogP contribution in [0.1, 0.15) is 37.0 Å². The second-order valence-electron chi connectivity index (χ2n) is 7.49. The zero-order chi connectivity index (χ0) is 17.9. The monoisotopic (exact) mass is 370 g/mol. The molecule has 2 aliphatic heterocycles. The van der Waals surface area contributed by atoms with Gasteiger partial charge in [-0.25, -0.2) is 0 Å². The van der Waals surface area contributed by atoms with Crippen molar-refractivity contribution in [2.75, 3.05) is 7.11 Å². The van der Waals surface area contributed by atoms with Gasteiger partial charge in [0.05, 0.1) is 13.7 Å². The highest BCUT2D eigenvalue weighted by atomic mass is 32.1. The lowest BCUT2D eigenvalue weighted by Gasteiger charge is -2.28. The van der Waals surface area contributed by atoms with Gasteiger partial charge < -0.3 is 15.4 Å². The molecule has 2 N–H and O–H groups in total. The first-order valence-corrected chi connectivity index (χ1v) is 10.3. The summed E-state index contributed by atoms with van der Waals surface area (Å²) < 4.78 is 5.21. The van der Waals surface area contributed by atoms with E-state index in [1.807, 2.05) is 12.1 Å². The zero-order valence-corrected chi connectivity index (χ0v) is 16.0. The van der Waals surface area contributed by atoms with Crippen molar-refractivity contribution in [1.82, 2.24) is 10.6 Å². The van der Waals surface area contributed by atoms with Crippen molar-refractivity contribution in [1.29, 1.82) is 0 Å². The van der Waals surface area contributed by atoms with E-state index in [9.17, 15) is 4.79 Å². The molecule has 0 saturated carbocycles. The molecule has 0 spiro atoms. The van der Waals surface area contributed by atoms with Crippen LogP contribution in [0, 0.1) is 5.92 Å². The Morgan fingerprint density at radius 1 is 1.19 bits per heavy atom. The van der Waals surface area contributed by atoms with Gasteiger partial charge in [-0.1, -0.05) is 12.1 Å². The standard InChI is InChI=1S/C21H26N2O2S/c1-25-19-6-2-15(3-7-19)16-11-20(26-13-16)12-22-21(24)10-14-8-17-4-5-18(9-14)23-17/h2-3,6-7,11,13-14,17-18,23H,4-5,8-10,12H2,1H3,(H,22,24). The van der Waals surface area contributed by atoms with Crippen LogP contribution < -0.4 is 15.4 Å². The number of amides is 1. The molecule has 0 radical (unpaired) electrons. The summed E-state index contributed by atoms with van der Waals surface area (Å²) in [6, 6.07) is 11.5. The predicted octanol–water partition coefficient (Wildman–Crippen LogP) is 3.96. The molecule has 4 rings (SSSR count). The predicted molar refractivity (Wildman–Crippen MR) is 105 cm³/mol. The molecule has 1 aromatic carbocycles. The van der Waals surface area contributed by atoms with E-state index in [0.29, 0.717) is 31.0 Å². The molecule has 2 saturated heterocycles. The van der Waals surface area contributed by atoms with E-state index in [4.69, 9.17) is 4.74 Å². The van der Waals surface area contributed by atoms with Crippen molar-refractivity contribution in [2.24, 2.45) is 5.92 Å². The number of hydrogen-bond donors (Lipinski definition) is 2. The number of methoxy groups -OCH3 is 1. The highest BCUT2D eigenvalue weighted by Gasteiger charge is 2.34. The van der Waals surface area contributed by atoms with E-state index in [1.54, 1.807) is 18.4 Å². The summed E-state index contributed by atoms with van der Waals surface area (Å²) >= 11 is 1.70. The van der Waals surface area contributed by atoms with Gasteiger partial charge in [0.2, 0.25) is 5.91 Å². The summed E-state index contributed by atoms with van der Waals surface area (Å²) in [4.78, 5) is 13.5. The molecule has 4 nitrogen and oxygen atoms in total. The summed E-state index contributed by atoms with van der Waals surface area (Å²) in [7, 11) is 1.68. The number of carbonyl (C=O) groups is 1. The Labute approximate surface area is 159 Å². The molecule has 2 atom stereocenters. The van der Waals surface area contributed by atoms with Crippen molar-refractivity contribution >= 4 is 17.2 Å². The van der Waals surface area contributed by atoms with Gasteiger partial charge in [0.1, 0.15) is 5.75 Å². The molecule has 0 aliphatic carbocycles. The second kappa shape index (κ2) is 7.80.